The van der Waals surface area contributed by atoms with Crippen molar-refractivity contribution in [1.29, 1.82) is 0 Å². The fourth-order valence-electron chi connectivity index (χ4n) is 5.18. The highest BCUT2D eigenvalue weighted by atomic mass is 35.5. The second kappa shape index (κ2) is 13.4. The maximum atomic E-state index is 13.1. The summed E-state index contributed by atoms with van der Waals surface area (Å²) >= 11 is 6.16. The van der Waals surface area contributed by atoms with Crippen molar-refractivity contribution in [2.45, 2.75) is 25.8 Å². The first-order valence-electron chi connectivity index (χ1n) is 13.5. The van der Waals surface area contributed by atoms with Crippen molar-refractivity contribution in [2.75, 3.05) is 44.2 Å². The van der Waals surface area contributed by atoms with Gasteiger partial charge in [-0.05, 0) is 43.0 Å². The summed E-state index contributed by atoms with van der Waals surface area (Å²) < 4.78 is 10.5. The van der Waals surface area contributed by atoms with Gasteiger partial charge in [-0.2, -0.15) is 4.98 Å². The van der Waals surface area contributed by atoms with Crippen molar-refractivity contribution in [3.8, 4) is 6.01 Å². The zero-order chi connectivity index (χ0) is 27.4. The number of rotatable bonds is 10. The molecule has 0 radical (unpaired) electrons. The lowest BCUT2D eigenvalue weighted by Gasteiger charge is -2.36. The minimum absolute atomic E-state index is 0. The van der Waals surface area contributed by atoms with Gasteiger partial charge >= 0.3 is 5.69 Å². The van der Waals surface area contributed by atoms with Crippen molar-refractivity contribution < 1.29 is 4.74 Å². The third-order valence-electron chi connectivity index (χ3n) is 7.40. The Morgan fingerprint density at radius 1 is 0.900 bits per heavy atom. The highest BCUT2D eigenvalue weighted by molar-refractivity contribution is 6.30. The number of nitrogens with zero attached hydrogens (tertiary/aromatic N) is 6. The fourth-order valence-corrected chi connectivity index (χ4v) is 5.37. The molecule has 2 aromatic carbocycles. The molecule has 0 bridgehead atoms. The number of ether oxygens (including phenoxy) is 1. The van der Waals surface area contributed by atoms with Crippen molar-refractivity contribution >= 4 is 40.9 Å². The molecule has 11 heteroatoms. The lowest BCUT2D eigenvalue weighted by atomic mass is 10.1. The molecule has 0 N–H and O–H groups in total. The summed E-state index contributed by atoms with van der Waals surface area (Å²) in [6, 6.07) is 18.6. The van der Waals surface area contributed by atoms with E-state index in [2.05, 4.69) is 33.0 Å². The van der Waals surface area contributed by atoms with Crippen molar-refractivity contribution in [3.63, 3.8) is 0 Å². The SMILES string of the molecule is Cl.Cn1c(=O)c2c(nc(OCCCN3CCN(c4cccc(Cl)c4)CC3)n2CCCc2ccccc2)n(C)c1=O. The molecule has 1 saturated heterocycles. The lowest BCUT2D eigenvalue weighted by molar-refractivity contribution is 0.214. The van der Waals surface area contributed by atoms with Crippen LogP contribution in [0.4, 0.5) is 5.69 Å². The fraction of sp³-hybridized carbons (Fsp3) is 0.414. The summed E-state index contributed by atoms with van der Waals surface area (Å²) in [7, 11) is 3.14. The molecule has 4 aromatic rings. The van der Waals surface area contributed by atoms with Crippen LogP contribution in [-0.2, 0) is 27.1 Å². The topological polar surface area (TPSA) is 77.5 Å². The van der Waals surface area contributed by atoms with Crippen LogP contribution in [0.5, 0.6) is 6.01 Å². The number of hydrogen-bond acceptors (Lipinski definition) is 6. The van der Waals surface area contributed by atoms with Gasteiger partial charge in [-0.25, -0.2) is 4.79 Å². The normalized spacial score (nSPS) is 13.9. The standard InChI is InChI=1S/C29H35ClN6O3.ClH/c1-32-26-25(27(37)33(2)29(32)38)36(15-7-11-22-9-4-3-5-10-22)28(31-26)39-20-8-14-34-16-18-35(19-17-34)24-13-6-12-23(30)21-24;/h3-6,9-10,12-13,21H,7-8,11,14-20H2,1-2H3;1H. The summed E-state index contributed by atoms with van der Waals surface area (Å²) in [6.45, 7) is 5.82. The molecule has 5 rings (SSSR count). The van der Waals surface area contributed by atoms with E-state index in [0.29, 0.717) is 30.3 Å². The molecule has 9 nitrogen and oxygen atoms in total. The first-order chi connectivity index (χ1) is 18.9. The van der Waals surface area contributed by atoms with Crippen LogP contribution in [0.2, 0.25) is 5.02 Å². The average Bonchev–Trinajstić information content (AvgIpc) is 3.32. The van der Waals surface area contributed by atoms with E-state index in [9.17, 15) is 9.59 Å². The van der Waals surface area contributed by atoms with Gasteiger partial charge in [0.1, 0.15) is 0 Å². The predicted octanol–water partition coefficient (Wildman–Crippen LogP) is 3.73. The molecule has 0 unspecified atom stereocenters. The second-order valence-corrected chi connectivity index (χ2v) is 10.5. The Bertz CT molecular complexity index is 1540. The highest BCUT2D eigenvalue weighted by Gasteiger charge is 2.21. The molecule has 0 aliphatic carbocycles. The number of halogens is 2. The molecule has 0 spiro atoms. The number of aromatic nitrogens is 4. The Labute approximate surface area is 245 Å². The van der Waals surface area contributed by atoms with Crippen LogP contribution in [0, 0.1) is 0 Å². The van der Waals surface area contributed by atoms with Crippen molar-refractivity contribution in [2.24, 2.45) is 14.1 Å². The zero-order valence-corrected chi connectivity index (χ0v) is 24.5. The van der Waals surface area contributed by atoms with E-state index < -0.39 is 5.69 Å². The summed E-state index contributed by atoms with van der Waals surface area (Å²) in [5.74, 6) is 0. The lowest BCUT2D eigenvalue weighted by Crippen LogP contribution is -2.46. The number of imidazole rings is 1. The van der Waals surface area contributed by atoms with Crippen molar-refractivity contribution in [3.05, 3.63) is 86.0 Å². The monoisotopic (exact) mass is 586 g/mol. The van der Waals surface area contributed by atoms with E-state index >= 15 is 0 Å². The maximum absolute atomic E-state index is 13.1. The molecule has 40 heavy (non-hydrogen) atoms. The number of fused-ring (bicyclic) bond motifs is 1. The first-order valence-corrected chi connectivity index (χ1v) is 13.9. The van der Waals surface area contributed by atoms with Crippen LogP contribution in [0.25, 0.3) is 11.2 Å². The van der Waals surface area contributed by atoms with Gasteiger partial charge in [-0.15, -0.1) is 12.4 Å². The van der Waals surface area contributed by atoms with Crippen LogP contribution in [0.3, 0.4) is 0 Å². The Balaban J connectivity index is 0.00000370. The van der Waals surface area contributed by atoms with Gasteiger partial charge < -0.3 is 9.64 Å². The van der Waals surface area contributed by atoms with Gasteiger partial charge in [-0.1, -0.05) is 48.0 Å². The maximum Gasteiger partial charge on any atom is 0.332 e. The number of aryl methyl sites for hydroxylation is 3. The molecule has 1 fully saturated rings. The van der Waals surface area contributed by atoms with Gasteiger partial charge in [0, 0.05) is 64.1 Å². The quantitative estimate of drug-likeness (QED) is 0.263. The van der Waals surface area contributed by atoms with Gasteiger partial charge in [0.2, 0.25) is 0 Å². The number of piperazine rings is 1. The largest absolute Gasteiger partial charge is 0.465 e. The minimum atomic E-state index is -0.398. The molecular formula is C29H36Cl2N6O3. The third kappa shape index (κ3) is 6.54. The van der Waals surface area contributed by atoms with E-state index in [0.717, 1.165) is 67.3 Å². The van der Waals surface area contributed by atoms with Crippen LogP contribution >= 0.6 is 24.0 Å². The smallest absolute Gasteiger partial charge is 0.332 e. The number of anilines is 1. The van der Waals surface area contributed by atoms with Crippen LogP contribution in [-0.4, -0.2) is 62.9 Å². The number of benzene rings is 2. The molecular weight excluding hydrogens is 551 g/mol. The molecule has 0 saturated carbocycles. The summed E-state index contributed by atoms with van der Waals surface area (Å²) in [5.41, 5.74) is 2.41. The number of hydrogen-bond donors (Lipinski definition) is 0. The van der Waals surface area contributed by atoms with Crippen LogP contribution < -0.4 is 20.9 Å². The molecule has 0 atom stereocenters. The zero-order valence-electron chi connectivity index (χ0n) is 23.0. The van der Waals surface area contributed by atoms with E-state index in [1.54, 1.807) is 7.05 Å². The van der Waals surface area contributed by atoms with Gasteiger partial charge in [-0.3, -0.25) is 23.4 Å². The summed E-state index contributed by atoms with van der Waals surface area (Å²) in [4.78, 5) is 35.0. The van der Waals surface area contributed by atoms with E-state index in [1.165, 1.54) is 17.2 Å². The Kier molecular flexibility index (Phi) is 9.95. The third-order valence-corrected chi connectivity index (χ3v) is 7.63. The molecule has 0 amide bonds. The Morgan fingerprint density at radius 2 is 1.65 bits per heavy atom. The molecule has 2 aromatic heterocycles. The van der Waals surface area contributed by atoms with Crippen LogP contribution in [0.1, 0.15) is 18.4 Å². The summed E-state index contributed by atoms with van der Waals surface area (Å²) in [6.07, 6.45) is 2.52. The van der Waals surface area contributed by atoms with E-state index in [4.69, 9.17) is 16.3 Å². The first kappa shape index (κ1) is 29.7. The highest BCUT2D eigenvalue weighted by Crippen LogP contribution is 2.22. The van der Waals surface area contributed by atoms with Crippen LogP contribution in [0.15, 0.2) is 64.2 Å². The molecule has 1 aliphatic rings. The van der Waals surface area contributed by atoms with Crippen molar-refractivity contribution in [1.82, 2.24) is 23.6 Å². The summed E-state index contributed by atoms with van der Waals surface area (Å²) in [5, 5.41) is 0.760. The second-order valence-electron chi connectivity index (χ2n) is 10.0. The Morgan fingerprint density at radius 3 is 2.38 bits per heavy atom. The van der Waals surface area contributed by atoms with Gasteiger partial charge in [0.05, 0.1) is 6.61 Å². The minimum Gasteiger partial charge on any atom is -0.465 e. The van der Waals surface area contributed by atoms with E-state index in [1.807, 2.05) is 41.0 Å². The molecule has 3 heterocycles. The van der Waals surface area contributed by atoms with Gasteiger partial charge in [0.15, 0.2) is 11.2 Å². The average molecular weight is 588 g/mol. The van der Waals surface area contributed by atoms with Gasteiger partial charge in [0.25, 0.3) is 11.6 Å². The molecule has 214 valence electrons. The predicted molar refractivity (Wildman–Crippen MR) is 162 cm³/mol. The van der Waals surface area contributed by atoms with E-state index in [-0.39, 0.29) is 18.0 Å². The molecule has 1 aliphatic heterocycles. The Hall–Kier alpha value is -3.27.